The van der Waals surface area contributed by atoms with E-state index in [4.69, 9.17) is 0 Å². The molecule has 0 saturated heterocycles. The molecule has 1 aromatic heterocycles. The van der Waals surface area contributed by atoms with E-state index in [0.29, 0.717) is 5.69 Å². The predicted octanol–water partition coefficient (Wildman–Crippen LogP) is 4.17. The van der Waals surface area contributed by atoms with Crippen molar-refractivity contribution in [2.75, 3.05) is 0 Å². The Balaban J connectivity index is 1.81. The molecule has 9 nitrogen and oxygen atoms in total. The van der Waals surface area contributed by atoms with Gasteiger partial charge in [0.05, 0.1) is 33.7 Å². The molecule has 0 saturated carbocycles. The van der Waals surface area contributed by atoms with Crippen LogP contribution in [0.25, 0.3) is 10.6 Å². The molecule has 1 heterocycles. The van der Waals surface area contributed by atoms with Gasteiger partial charge in [0.25, 0.3) is 17.3 Å². The third-order valence-corrected chi connectivity index (χ3v) is 5.30. The number of aromatic nitrogens is 1. The Hall–Kier alpha value is -3.66. The highest BCUT2D eigenvalue weighted by Gasteiger charge is 2.24. The van der Waals surface area contributed by atoms with Crippen LogP contribution in [0.5, 0.6) is 0 Å². The van der Waals surface area contributed by atoms with Crippen molar-refractivity contribution in [3.05, 3.63) is 84.4 Å². The lowest BCUT2D eigenvalue weighted by molar-refractivity contribution is -0.394. The van der Waals surface area contributed by atoms with E-state index in [-0.39, 0.29) is 17.7 Å². The molecule has 0 bridgehead atoms. The van der Waals surface area contributed by atoms with E-state index in [1.54, 1.807) is 0 Å². The van der Waals surface area contributed by atoms with Crippen LogP contribution in [0, 0.1) is 34.1 Å². The van der Waals surface area contributed by atoms with E-state index in [1.807, 2.05) is 36.6 Å². The molecule has 0 aliphatic carbocycles. The van der Waals surface area contributed by atoms with Crippen molar-refractivity contribution in [1.82, 2.24) is 10.3 Å². The molecule has 0 atom stereocenters. The quantitative estimate of drug-likeness (QED) is 0.478. The summed E-state index contributed by atoms with van der Waals surface area (Å²) in [6, 6.07) is 9.69. The zero-order chi connectivity index (χ0) is 21.1. The maximum atomic E-state index is 12.5. The molecule has 148 valence electrons. The summed E-state index contributed by atoms with van der Waals surface area (Å²) in [5.41, 5.74) is 1.68. The molecular formula is C19H16N4O5S. The Morgan fingerprint density at radius 1 is 1.14 bits per heavy atom. The highest BCUT2D eigenvalue weighted by atomic mass is 32.1. The van der Waals surface area contributed by atoms with Crippen LogP contribution in [0.4, 0.5) is 11.4 Å². The van der Waals surface area contributed by atoms with E-state index < -0.39 is 27.1 Å². The van der Waals surface area contributed by atoms with Crippen molar-refractivity contribution >= 4 is 28.6 Å². The van der Waals surface area contributed by atoms with Crippen molar-refractivity contribution in [1.29, 1.82) is 0 Å². The standard InChI is InChI=1S/C19H16N4O5S/c1-11-5-3-4-6-15(11)19-21-13(10-29-19)9-20-18(24)16-7-14(22(25)26)8-17(12(16)2)23(27)28/h3-8,10H,9H2,1-2H3,(H,20,24). The van der Waals surface area contributed by atoms with Crippen LogP contribution in [0.3, 0.4) is 0 Å². The molecule has 1 N–H and O–H groups in total. The van der Waals surface area contributed by atoms with Crippen molar-refractivity contribution in [3.63, 3.8) is 0 Å². The summed E-state index contributed by atoms with van der Waals surface area (Å²) in [5, 5.41) is 27.5. The Morgan fingerprint density at radius 2 is 1.86 bits per heavy atom. The Morgan fingerprint density at radius 3 is 2.52 bits per heavy atom. The second-order valence-corrected chi connectivity index (χ2v) is 7.15. The van der Waals surface area contributed by atoms with Gasteiger partial charge in [-0.2, -0.15) is 0 Å². The minimum Gasteiger partial charge on any atom is -0.346 e. The average Bonchev–Trinajstić information content (AvgIpc) is 3.15. The first-order chi connectivity index (χ1) is 13.8. The minimum absolute atomic E-state index is 0.0666. The monoisotopic (exact) mass is 412 g/mol. The van der Waals surface area contributed by atoms with E-state index >= 15 is 0 Å². The number of nitrogens with zero attached hydrogens (tertiary/aromatic N) is 3. The fourth-order valence-corrected chi connectivity index (χ4v) is 3.72. The Labute approximate surface area is 169 Å². The molecule has 0 aliphatic heterocycles. The second kappa shape index (κ2) is 8.15. The van der Waals surface area contributed by atoms with Crippen LogP contribution in [0.1, 0.15) is 27.2 Å². The zero-order valence-corrected chi connectivity index (χ0v) is 16.4. The lowest BCUT2D eigenvalue weighted by Crippen LogP contribution is -2.24. The molecule has 3 rings (SSSR count). The molecule has 0 spiro atoms. The maximum absolute atomic E-state index is 12.5. The van der Waals surface area contributed by atoms with Crippen LogP contribution < -0.4 is 5.32 Å². The summed E-state index contributed by atoms with van der Waals surface area (Å²) >= 11 is 1.44. The summed E-state index contributed by atoms with van der Waals surface area (Å²) in [6.07, 6.45) is 0. The van der Waals surface area contributed by atoms with E-state index in [0.717, 1.165) is 28.3 Å². The van der Waals surface area contributed by atoms with Gasteiger partial charge in [0.1, 0.15) is 5.01 Å². The SMILES string of the molecule is Cc1ccccc1-c1nc(CNC(=O)c2cc([N+](=O)[O-])cc([N+](=O)[O-])c2C)cs1. The first-order valence-corrected chi connectivity index (χ1v) is 9.38. The number of hydrogen-bond acceptors (Lipinski definition) is 7. The number of benzene rings is 2. The van der Waals surface area contributed by atoms with Gasteiger partial charge in [-0.05, 0) is 19.4 Å². The summed E-state index contributed by atoms with van der Waals surface area (Å²) in [4.78, 5) is 37.7. The molecule has 0 aliphatic rings. The third-order valence-electron chi connectivity index (χ3n) is 4.37. The fourth-order valence-electron chi connectivity index (χ4n) is 2.81. The van der Waals surface area contributed by atoms with Crippen molar-refractivity contribution in [2.45, 2.75) is 20.4 Å². The van der Waals surface area contributed by atoms with Crippen molar-refractivity contribution in [2.24, 2.45) is 0 Å². The van der Waals surface area contributed by atoms with Crippen LogP contribution in [0.15, 0.2) is 41.8 Å². The summed E-state index contributed by atoms with van der Waals surface area (Å²) in [7, 11) is 0. The topological polar surface area (TPSA) is 128 Å². The second-order valence-electron chi connectivity index (χ2n) is 6.29. The molecule has 10 heteroatoms. The van der Waals surface area contributed by atoms with Gasteiger partial charge in [0.15, 0.2) is 0 Å². The van der Waals surface area contributed by atoms with Gasteiger partial charge in [-0.1, -0.05) is 24.3 Å². The smallest absolute Gasteiger partial charge is 0.279 e. The molecule has 29 heavy (non-hydrogen) atoms. The maximum Gasteiger partial charge on any atom is 0.279 e. The van der Waals surface area contributed by atoms with Gasteiger partial charge in [0.2, 0.25) is 0 Å². The number of carbonyl (C=O) groups is 1. The number of hydrogen-bond donors (Lipinski definition) is 1. The van der Waals surface area contributed by atoms with Crippen LogP contribution in [-0.4, -0.2) is 20.7 Å². The largest absolute Gasteiger partial charge is 0.346 e. The lowest BCUT2D eigenvalue weighted by Gasteiger charge is -2.07. The van der Waals surface area contributed by atoms with Gasteiger partial charge in [-0.3, -0.25) is 25.0 Å². The van der Waals surface area contributed by atoms with E-state index in [9.17, 15) is 25.0 Å². The number of nitro benzene ring substituents is 2. The van der Waals surface area contributed by atoms with Gasteiger partial charge in [-0.25, -0.2) is 4.98 Å². The fraction of sp³-hybridized carbons (Fsp3) is 0.158. The first-order valence-electron chi connectivity index (χ1n) is 8.50. The van der Waals surface area contributed by atoms with Gasteiger partial charge in [0, 0.05) is 22.6 Å². The number of non-ortho nitro benzene ring substituents is 1. The number of nitrogens with one attached hydrogen (secondary N) is 1. The van der Waals surface area contributed by atoms with Crippen LogP contribution in [0.2, 0.25) is 0 Å². The summed E-state index contributed by atoms with van der Waals surface area (Å²) < 4.78 is 0. The average molecular weight is 412 g/mol. The van der Waals surface area contributed by atoms with Crippen LogP contribution in [-0.2, 0) is 6.54 Å². The van der Waals surface area contributed by atoms with Crippen LogP contribution >= 0.6 is 11.3 Å². The normalized spacial score (nSPS) is 10.6. The lowest BCUT2D eigenvalue weighted by atomic mass is 10.0. The van der Waals surface area contributed by atoms with Gasteiger partial charge >= 0.3 is 0 Å². The summed E-state index contributed by atoms with van der Waals surface area (Å²) in [5.74, 6) is -0.639. The zero-order valence-electron chi connectivity index (χ0n) is 15.5. The molecule has 0 fully saturated rings. The third kappa shape index (κ3) is 4.27. The highest BCUT2D eigenvalue weighted by molar-refractivity contribution is 7.13. The molecule has 2 aromatic carbocycles. The molecule has 1 amide bonds. The molecule has 0 radical (unpaired) electrons. The first kappa shape index (κ1) is 20.1. The minimum atomic E-state index is -0.766. The number of thiazole rings is 1. The van der Waals surface area contributed by atoms with E-state index in [1.165, 1.54) is 18.3 Å². The van der Waals surface area contributed by atoms with Gasteiger partial charge < -0.3 is 5.32 Å². The number of nitro groups is 2. The molecule has 3 aromatic rings. The van der Waals surface area contributed by atoms with Gasteiger partial charge in [-0.15, -0.1) is 11.3 Å². The van der Waals surface area contributed by atoms with E-state index in [2.05, 4.69) is 10.3 Å². The predicted molar refractivity (Wildman–Crippen MR) is 108 cm³/mol. The molecule has 0 unspecified atom stereocenters. The summed E-state index contributed by atoms with van der Waals surface area (Å²) in [6.45, 7) is 3.46. The Bertz CT molecular complexity index is 1130. The molecular weight excluding hydrogens is 396 g/mol. The Kier molecular flexibility index (Phi) is 5.64. The number of carbonyl (C=O) groups excluding carboxylic acids is 1. The van der Waals surface area contributed by atoms with Crippen molar-refractivity contribution in [3.8, 4) is 10.6 Å². The number of rotatable bonds is 6. The highest BCUT2D eigenvalue weighted by Crippen LogP contribution is 2.29. The number of aryl methyl sites for hydroxylation is 1. The van der Waals surface area contributed by atoms with Crippen molar-refractivity contribution < 1.29 is 14.6 Å². The number of amides is 1.